The molecule has 0 atom stereocenters. The Morgan fingerprint density at radius 2 is 2.09 bits per heavy atom. The minimum absolute atomic E-state index is 0.302. The molecular formula is C14H9Br2N3O3S. The zero-order valence-electron chi connectivity index (χ0n) is 11.6. The summed E-state index contributed by atoms with van der Waals surface area (Å²) in [6.07, 6.45) is 0. The number of ether oxygens (including phenoxy) is 1. The summed E-state index contributed by atoms with van der Waals surface area (Å²) in [5, 5.41) is 3.18. The van der Waals surface area contributed by atoms with Gasteiger partial charge >= 0.3 is 5.97 Å². The average Bonchev–Trinajstić information content (AvgIpc) is 3.08. The van der Waals surface area contributed by atoms with Crippen LogP contribution in [0.1, 0.15) is 20.8 Å². The predicted octanol–water partition coefficient (Wildman–Crippen LogP) is 4.19. The lowest BCUT2D eigenvalue weighted by Crippen LogP contribution is -2.11. The number of carbonyl (C=O) groups is 2. The third kappa shape index (κ3) is 3.31. The van der Waals surface area contributed by atoms with Crippen molar-refractivity contribution in [3.63, 3.8) is 0 Å². The van der Waals surface area contributed by atoms with Gasteiger partial charge in [0.2, 0.25) is 0 Å². The molecule has 9 heteroatoms. The van der Waals surface area contributed by atoms with Crippen LogP contribution in [0, 0.1) is 0 Å². The first-order valence-electron chi connectivity index (χ1n) is 6.32. The maximum absolute atomic E-state index is 12.2. The summed E-state index contributed by atoms with van der Waals surface area (Å²) in [7, 11) is 1.33. The van der Waals surface area contributed by atoms with Gasteiger partial charge in [-0.1, -0.05) is 11.3 Å². The van der Waals surface area contributed by atoms with Gasteiger partial charge in [-0.3, -0.25) is 10.1 Å². The quantitative estimate of drug-likeness (QED) is 0.576. The lowest BCUT2D eigenvalue weighted by molar-refractivity contribution is 0.0601. The van der Waals surface area contributed by atoms with E-state index in [4.69, 9.17) is 4.74 Å². The van der Waals surface area contributed by atoms with Crippen molar-refractivity contribution in [2.75, 3.05) is 12.4 Å². The van der Waals surface area contributed by atoms with Crippen molar-refractivity contribution in [1.82, 2.24) is 9.97 Å². The molecule has 0 aliphatic rings. The third-order valence-corrected chi connectivity index (χ3v) is 5.72. The predicted molar refractivity (Wildman–Crippen MR) is 95.1 cm³/mol. The molecule has 0 bridgehead atoms. The number of methoxy groups -OCH3 is 1. The van der Waals surface area contributed by atoms with E-state index >= 15 is 0 Å². The minimum atomic E-state index is -0.410. The first kappa shape index (κ1) is 16.2. The second-order valence-corrected chi connectivity index (χ2v) is 7.17. The number of hydrogen-bond acceptors (Lipinski definition) is 5. The zero-order chi connectivity index (χ0) is 16.6. The second kappa shape index (κ2) is 6.42. The molecule has 0 radical (unpaired) electrons. The molecule has 2 heterocycles. The van der Waals surface area contributed by atoms with E-state index in [0.717, 1.165) is 9.17 Å². The molecule has 1 amide bonds. The highest BCUT2D eigenvalue weighted by Gasteiger charge is 2.14. The van der Waals surface area contributed by atoms with E-state index in [0.29, 0.717) is 26.5 Å². The molecule has 2 N–H and O–H groups in total. The van der Waals surface area contributed by atoms with E-state index in [9.17, 15) is 9.59 Å². The van der Waals surface area contributed by atoms with E-state index in [1.807, 2.05) is 0 Å². The van der Waals surface area contributed by atoms with Crippen LogP contribution in [-0.4, -0.2) is 29.0 Å². The Balaban J connectivity index is 1.85. The van der Waals surface area contributed by atoms with Crippen LogP contribution in [-0.2, 0) is 4.74 Å². The summed E-state index contributed by atoms with van der Waals surface area (Å²) in [6.45, 7) is 0. The number of carbonyl (C=O) groups excluding carboxylic acids is 2. The average molecular weight is 459 g/mol. The van der Waals surface area contributed by atoms with E-state index in [1.165, 1.54) is 18.4 Å². The number of H-pyrrole nitrogens is 1. The highest BCUT2D eigenvalue weighted by Crippen LogP contribution is 2.28. The van der Waals surface area contributed by atoms with Crippen LogP contribution < -0.4 is 5.32 Å². The Kier molecular flexibility index (Phi) is 4.51. The molecule has 0 unspecified atom stereocenters. The van der Waals surface area contributed by atoms with Crippen LogP contribution in [0.15, 0.2) is 33.3 Å². The smallest absolute Gasteiger partial charge is 0.337 e. The maximum Gasteiger partial charge on any atom is 0.337 e. The topological polar surface area (TPSA) is 84.1 Å². The molecule has 0 saturated heterocycles. The van der Waals surface area contributed by atoms with Gasteiger partial charge in [-0.2, -0.15) is 0 Å². The number of nitrogens with one attached hydrogen (secondary N) is 2. The summed E-state index contributed by atoms with van der Waals surface area (Å²) in [4.78, 5) is 31.0. The van der Waals surface area contributed by atoms with Crippen molar-refractivity contribution >= 4 is 70.4 Å². The van der Waals surface area contributed by atoms with Gasteiger partial charge in [0.1, 0.15) is 5.69 Å². The van der Waals surface area contributed by atoms with Gasteiger partial charge in [-0.25, -0.2) is 9.78 Å². The first-order valence-corrected chi connectivity index (χ1v) is 8.72. The van der Waals surface area contributed by atoms with Gasteiger partial charge in [0.25, 0.3) is 5.91 Å². The standard InChI is InChI=1S/C14H9Br2N3O3S/c1-22-13(21)6-2-3-8-10(4-6)23-14(18-8)19-12(20)9-5-7(15)11(16)17-9/h2-5,17H,1H3,(H,18,19,20). The number of aromatic nitrogens is 2. The fourth-order valence-electron chi connectivity index (χ4n) is 1.91. The Morgan fingerprint density at radius 3 is 2.74 bits per heavy atom. The molecule has 1 aromatic carbocycles. The van der Waals surface area contributed by atoms with Crippen molar-refractivity contribution < 1.29 is 14.3 Å². The van der Waals surface area contributed by atoms with Crippen molar-refractivity contribution in [1.29, 1.82) is 0 Å². The lowest BCUT2D eigenvalue weighted by atomic mass is 10.2. The maximum atomic E-state index is 12.2. The van der Waals surface area contributed by atoms with Crippen molar-refractivity contribution in [2.24, 2.45) is 0 Å². The van der Waals surface area contributed by atoms with Crippen LogP contribution in [0.5, 0.6) is 0 Å². The van der Waals surface area contributed by atoms with Gasteiger partial charge < -0.3 is 9.72 Å². The Morgan fingerprint density at radius 1 is 1.30 bits per heavy atom. The number of fused-ring (bicyclic) bond motifs is 1. The second-order valence-electron chi connectivity index (χ2n) is 4.49. The number of esters is 1. The fourth-order valence-corrected chi connectivity index (χ4v) is 3.47. The number of amides is 1. The fraction of sp³-hybridized carbons (Fsp3) is 0.0714. The number of anilines is 1. The molecular weight excluding hydrogens is 450 g/mol. The molecule has 0 spiro atoms. The normalized spacial score (nSPS) is 10.7. The SMILES string of the molecule is COC(=O)c1ccc2nc(NC(=O)c3cc(Br)c(Br)[nH]3)sc2c1. The number of halogens is 2. The summed E-state index contributed by atoms with van der Waals surface area (Å²) >= 11 is 7.88. The molecule has 6 nitrogen and oxygen atoms in total. The molecule has 0 fully saturated rings. The van der Waals surface area contributed by atoms with Crippen molar-refractivity contribution in [3.05, 3.63) is 44.6 Å². The van der Waals surface area contributed by atoms with E-state index < -0.39 is 5.97 Å². The van der Waals surface area contributed by atoms with Gasteiger partial charge in [-0.05, 0) is 56.1 Å². The summed E-state index contributed by atoms with van der Waals surface area (Å²) in [5.74, 6) is -0.712. The monoisotopic (exact) mass is 457 g/mol. The van der Waals surface area contributed by atoms with Crippen LogP contribution in [0.25, 0.3) is 10.2 Å². The first-order chi connectivity index (χ1) is 11.0. The molecule has 3 aromatic rings. The third-order valence-electron chi connectivity index (χ3n) is 3.00. The molecule has 23 heavy (non-hydrogen) atoms. The lowest BCUT2D eigenvalue weighted by Gasteiger charge is -1.97. The molecule has 3 rings (SSSR count). The summed E-state index contributed by atoms with van der Waals surface area (Å²) in [6, 6.07) is 6.71. The zero-order valence-corrected chi connectivity index (χ0v) is 15.6. The Hall–Kier alpha value is -1.71. The Bertz CT molecular complexity index is 900. The number of hydrogen-bond donors (Lipinski definition) is 2. The van der Waals surface area contributed by atoms with Gasteiger partial charge in [0.15, 0.2) is 5.13 Å². The van der Waals surface area contributed by atoms with Gasteiger partial charge in [0, 0.05) is 0 Å². The Labute approximate surface area is 151 Å². The number of aromatic amines is 1. The summed E-state index contributed by atoms with van der Waals surface area (Å²) in [5.41, 5.74) is 1.55. The molecule has 0 saturated carbocycles. The molecule has 0 aliphatic heterocycles. The summed E-state index contributed by atoms with van der Waals surface area (Å²) < 4.78 is 6.93. The number of nitrogens with zero attached hydrogens (tertiary/aromatic N) is 1. The van der Waals surface area contributed by atoms with Crippen LogP contribution >= 0.6 is 43.2 Å². The largest absolute Gasteiger partial charge is 0.465 e. The van der Waals surface area contributed by atoms with Crippen molar-refractivity contribution in [3.8, 4) is 0 Å². The molecule has 2 aromatic heterocycles. The minimum Gasteiger partial charge on any atom is -0.465 e. The molecule has 0 aliphatic carbocycles. The van der Waals surface area contributed by atoms with E-state index in [1.54, 1.807) is 24.3 Å². The number of thiazole rings is 1. The van der Waals surface area contributed by atoms with E-state index in [-0.39, 0.29) is 5.91 Å². The van der Waals surface area contributed by atoms with Gasteiger partial charge in [-0.15, -0.1) is 0 Å². The molecule has 118 valence electrons. The highest BCUT2D eigenvalue weighted by molar-refractivity contribution is 9.13. The van der Waals surface area contributed by atoms with Crippen molar-refractivity contribution in [2.45, 2.75) is 0 Å². The van der Waals surface area contributed by atoms with Crippen LogP contribution in [0.4, 0.5) is 5.13 Å². The number of rotatable bonds is 3. The van der Waals surface area contributed by atoms with Crippen LogP contribution in [0.2, 0.25) is 0 Å². The van der Waals surface area contributed by atoms with Gasteiger partial charge in [0.05, 0.1) is 32.0 Å². The van der Waals surface area contributed by atoms with Crippen LogP contribution in [0.3, 0.4) is 0 Å². The highest BCUT2D eigenvalue weighted by atomic mass is 79.9. The van der Waals surface area contributed by atoms with E-state index in [2.05, 4.69) is 47.1 Å². The number of benzene rings is 1.